The van der Waals surface area contributed by atoms with Crippen LogP contribution >= 0.6 is 0 Å². The van der Waals surface area contributed by atoms with Gasteiger partial charge in [0.25, 0.3) is 11.7 Å². The smallest absolute Gasteiger partial charge is 0.299 e. The SMILES string of the molecule is COCCCOCCN1C(=O)C(=O)c2ccc(C)c(C)c21. The standard InChI is InChI=1S/C16H21NO4/c1-11-5-6-13-14(12(11)2)17(16(19)15(13)18)7-10-21-9-4-8-20-3/h5-6H,4,7-10H2,1-3H3. The number of aryl methyl sites for hydroxylation is 1. The average molecular weight is 291 g/mol. The number of methoxy groups -OCH3 is 1. The van der Waals surface area contributed by atoms with Crippen LogP contribution in [0.2, 0.25) is 0 Å². The Morgan fingerprint density at radius 2 is 1.86 bits per heavy atom. The molecule has 0 saturated heterocycles. The van der Waals surface area contributed by atoms with Crippen LogP contribution < -0.4 is 4.90 Å². The van der Waals surface area contributed by atoms with E-state index in [4.69, 9.17) is 9.47 Å². The molecule has 5 heteroatoms. The Morgan fingerprint density at radius 3 is 2.57 bits per heavy atom. The number of carbonyl (C=O) groups excluding carboxylic acids is 2. The Morgan fingerprint density at radius 1 is 1.10 bits per heavy atom. The number of amides is 1. The van der Waals surface area contributed by atoms with E-state index in [1.54, 1.807) is 13.2 Å². The van der Waals surface area contributed by atoms with Crippen molar-refractivity contribution in [1.82, 2.24) is 0 Å². The van der Waals surface area contributed by atoms with Gasteiger partial charge in [0.1, 0.15) is 0 Å². The summed E-state index contributed by atoms with van der Waals surface area (Å²) in [7, 11) is 1.65. The first-order valence-corrected chi connectivity index (χ1v) is 7.11. The average Bonchev–Trinajstić information content (AvgIpc) is 2.71. The lowest BCUT2D eigenvalue weighted by atomic mass is 10.0. The van der Waals surface area contributed by atoms with E-state index >= 15 is 0 Å². The molecule has 0 spiro atoms. The molecule has 0 aromatic heterocycles. The molecule has 0 saturated carbocycles. The third kappa shape index (κ3) is 3.14. The van der Waals surface area contributed by atoms with Crippen LogP contribution in [0.15, 0.2) is 12.1 Å². The summed E-state index contributed by atoms with van der Waals surface area (Å²) in [5.74, 6) is -0.883. The zero-order valence-corrected chi connectivity index (χ0v) is 12.8. The van der Waals surface area contributed by atoms with Gasteiger partial charge < -0.3 is 14.4 Å². The minimum Gasteiger partial charge on any atom is -0.385 e. The van der Waals surface area contributed by atoms with E-state index in [0.717, 1.165) is 23.2 Å². The van der Waals surface area contributed by atoms with Crippen molar-refractivity contribution in [2.75, 3.05) is 38.4 Å². The predicted molar refractivity (Wildman–Crippen MR) is 79.9 cm³/mol. The number of rotatable bonds is 7. The minimum atomic E-state index is -0.459. The Balaban J connectivity index is 2.03. The lowest BCUT2D eigenvalue weighted by molar-refractivity contribution is -0.114. The van der Waals surface area contributed by atoms with Crippen LogP contribution in [0.4, 0.5) is 5.69 Å². The number of nitrogens with zero attached hydrogens (tertiary/aromatic N) is 1. The van der Waals surface area contributed by atoms with Crippen molar-refractivity contribution in [3.8, 4) is 0 Å². The summed E-state index contributed by atoms with van der Waals surface area (Å²) in [5.41, 5.74) is 3.29. The number of fused-ring (bicyclic) bond motifs is 1. The fourth-order valence-electron chi connectivity index (χ4n) is 2.45. The molecule has 1 amide bonds. The van der Waals surface area contributed by atoms with Crippen LogP contribution in [0.5, 0.6) is 0 Å². The normalized spacial score (nSPS) is 14.0. The molecular weight excluding hydrogens is 270 g/mol. The molecule has 1 aliphatic rings. The molecule has 114 valence electrons. The molecule has 0 unspecified atom stereocenters. The summed E-state index contributed by atoms with van der Waals surface area (Å²) in [6, 6.07) is 3.61. The summed E-state index contributed by atoms with van der Waals surface area (Å²) >= 11 is 0. The number of Topliss-reactive ketones (excluding diaryl/α,β-unsaturated/α-hetero) is 1. The van der Waals surface area contributed by atoms with Crippen LogP contribution in [0.1, 0.15) is 27.9 Å². The van der Waals surface area contributed by atoms with Crippen LogP contribution in [-0.4, -0.2) is 45.2 Å². The van der Waals surface area contributed by atoms with E-state index in [-0.39, 0.29) is 0 Å². The lowest BCUT2D eigenvalue weighted by Crippen LogP contribution is -2.33. The quantitative estimate of drug-likeness (QED) is 0.568. The van der Waals surface area contributed by atoms with Gasteiger partial charge in [0, 0.05) is 26.9 Å². The molecular formula is C16H21NO4. The van der Waals surface area contributed by atoms with Crippen LogP contribution in [0, 0.1) is 13.8 Å². The lowest BCUT2D eigenvalue weighted by Gasteiger charge is -2.19. The Labute approximate surface area is 124 Å². The molecule has 2 rings (SSSR count). The van der Waals surface area contributed by atoms with Crippen molar-refractivity contribution in [3.05, 3.63) is 28.8 Å². The number of benzene rings is 1. The third-order valence-corrected chi connectivity index (χ3v) is 3.75. The van der Waals surface area contributed by atoms with Gasteiger partial charge in [-0.3, -0.25) is 9.59 Å². The van der Waals surface area contributed by atoms with Gasteiger partial charge in [-0.2, -0.15) is 0 Å². The fourth-order valence-corrected chi connectivity index (χ4v) is 2.45. The van der Waals surface area contributed by atoms with E-state index in [1.165, 1.54) is 4.90 Å². The highest BCUT2D eigenvalue weighted by molar-refractivity contribution is 6.52. The van der Waals surface area contributed by atoms with E-state index in [9.17, 15) is 9.59 Å². The molecule has 1 aromatic carbocycles. The molecule has 1 heterocycles. The molecule has 1 aliphatic heterocycles. The van der Waals surface area contributed by atoms with Crippen molar-refractivity contribution >= 4 is 17.4 Å². The van der Waals surface area contributed by atoms with E-state index in [2.05, 4.69) is 0 Å². The van der Waals surface area contributed by atoms with Gasteiger partial charge in [-0.25, -0.2) is 0 Å². The Hall–Kier alpha value is -1.72. The largest absolute Gasteiger partial charge is 0.385 e. The minimum absolute atomic E-state index is 0.398. The molecule has 1 aromatic rings. The number of ether oxygens (including phenoxy) is 2. The number of hydrogen-bond acceptors (Lipinski definition) is 4. The summed E-state index contributed by atoms with van der Waals surface area (Å²) in [5, 5.41) is 0. The Bertz CT molecular complexity index is 553. The number of anilines is 1. The van der Waals surface area contributed by atoms with Gasteiger partial charge in [-0.05, 0) is 37.5 Å². The van der Waals surface area contributed by atoms with Gasteiger partial charge >= 0.3 is 0 Å². The van der Waals surface area contributed by atoms with Gasteiger partial charge in [0.05, 0.1) is 17.9 Å². The summed E-state index contributed by atoms with van der Waals surface area (Å²) in [6.45, 7) is 5.96. The molecule has 0 atom stereocenters. The molecule has 5 nitrogen and oxygen atoms in total. The van der Waals surface area contributed by atoms with Gasteiger partial charge in [0.15, 0.2) is 0 Å². The van der Waals surface area contributed by atoms with E-state index in [1.807, 2.05) is 19.9 Å². The molecule has 0 bridgehead atoms. The fraction of sp³-hybridized carbons (Fsp3) is 0.500. The second kappa shape index (κ2) is 6.83. The van der Waals surface area contributed by atoms with E-state index in [0.29, 0.717) is 31.9 Å². The monoisotopic (exact) mass is 291 g/mol. The van der Waals surface area contributed by atoms with Gasteiger partial charge in [-0.15, -0.1) is 0 Å². The number of carbonyl (C=O) groups is 2. The van der Waals surface area contributed by atoms with Crippen LogP contribution in [-0.2, 0) is 14.3 Å². The zero-order valence-electron chi connectivity index (χ0n) is 12.8. The van der Waals surface area contributed by atoms with E-state index < -0.39 is 11.7 Å². The second-order valence-electron chi connectivity index (χ2n) is 5.15. The number of ketones is 1. The highest BCUT2D eigenvalue weighted by atomic mass is 16.5. The zero-order chi connectivity index (χ0) is 15.4. The topological polar surface area (TPSA) is 55.8 Å². The van der Waals surface area contributed by atoms with Crippen molar-refractivity contribution in [3.63, 3.8) is 0 Å². The van der Waals surface area contributed by atoms with Crippen molar-refractivity contribution in [2.24, 2.45) is 0 Å². The van der Waals surface area contributed by atoms with Crippen molar-refractivity contribution in [1.29, 1.82) is 0 Å². The third-order valence-electron chi connectivity index (χ3n) is 3.75. The Kier molecular flexibility index (Phi) is 5.09. The first kappa shape index (κ1) is 15.7. The maximum absolute atomic E-state index is 12.1. The van der Waals surface area contributed by atoms with Gasteiger partial charge in [0.2, 0.25) is 0 Å². The highest BCUT2D eigenvalue weighted by Crippen LogP contribution is 2.33. The summed E-state index contributed by atoms with van der Waals surface area (Å²) in [4.78, 5) is 25.6. The molecule has 0 radical (unpaired) electrons. The maximum Gasteiger partial charge on any atom is 0.299 e. The predicted octanol–water partition coefficient (Wildman–Crippen LogP) is 1.89. The highest BCUT2D eigenvalue weighted by Gasteiger charge is 2.36. The first-order chi connectivity index (χ1) is 10.1. The van der Waals surface area contributed by atoms with Crippen LogP contribution in [0.3, 0.4) is 0 Å². The van der Waals surface area contributed by atoms with Crippen LogP contribution in [0.25, 0.3) is 0 Å². The molecule has 0 N–H and O–H groups in total. The number of hydrogen-bond donors (Lipinski definition) is 0. The van der Waals surface area contributed by atoms with Gasteiger partial charge in [-0.1, -0.05) is 6.07 Å². The first-order valence-electron chi connectivity index (χ1n) is 7.11. The second-order valence-corrected chi connectivity index (χ2v) is 5.15. The molecule has 21 heavy (non-hydrogen) atoms. The molecule has 0 fully saturated rings. The molecule has 0 aliphatic carbocycles. The maximum atomic E-state index is 12.1. The van der Waals surface area contributed by atoms with Crippen molar-refractivity contribution < 1.29 is 19.1 Å². The summed E-state index contributed by atoms with van der Waals surface area (Å²) in [6.07, 6.45) is 0.818. The van der Waals surface area contributed by atoms with Crippen molar-refractivity contribution in [2.45, 2.75) is 20.3 Å². The summed E-state index contributed by atoms with van der Waals surface area (Å²) < 4.78 is 10.4.